The zero-order valence-corrected chi connectivity index (χ0v) is 16.6. The van der Waals surface area contributed by atoms with Gasteiger partial charge in [0.1, 0.15) is 5.82 Å². The zero-order chi connectivity index (χ0) is 19.6. The average Bonchev–Trinajstić information content (AvgIpc) is 3.09. The Hall–Kier alpha value is -2.88. The second-order valence-electron chi connectivity index (χ2n) is 7.04. The summed E-state index contributed by atoms with van der Waals surface area (Å²) in [6.45, 7) is 3.60. The Morgan fingerprint density at radius 3 is 2.57 bits per heavy atom. The van der Waals surface area contributed by atoms with Crippen LogP contribution in [0.4, 0.5) is 0 Å². The van der Waals surface area contributed by atoms with Crippen molar-refractivity contribution in [3.63, 3.8) is 0 Å². The lowest BCUT2D eigenvalue weighted by Gasteiger charge is -2.09. The summed E-state index contributed by atoms with van der Waals surface area (Å²) in [4.78, 5) is 17.0. The van der Waals surface area contributed by atoms with Crippen LogP contribution in [-0.2, 0) is 17.9 Å². The van der Waals surface area contributed by atoms with E-state index in [-0.39, 0.29) is 5.91 Å². The predicted octanol–water partition coefficient (Wildman–Crippen LogP) is 5.34. The van der Waals surface area contributed by atoms with Gasteiger partial charge in [-0.25, -0.2) is 4.98 Å². The molecule has 0 saturated carbocycles. The standard InChI is InChI=1S/C24H29N3O/c1-2-3-4-5-11-18-27-22-15-10-9-14-21(22)26-23(27)19-25-24(28)17-16-20-12-7-6-8-13-20/h6-10,12-17H,2-5,11,18-19H2,1H3,(H,25,28)/b17-16-. The zero-order valence-electron chi connectivity index (χ0n) is 16.6. The van der Waals surface area contributed by atoms with Crippen molar-refractivity contribution in [3.8, 4) is 0 Å². The molecular weight excluding hydrogens is 346 g/mol. The van der Waals surface area contributed by atoms with Crippen LogP contribution < -0.4 is 5.32 Å². The maximum atomic E-state index is 12.2. The summed E-state index contributed by atoms with van der Waals surface area (Å²) < 4.78 is 2.25. The number of amides is 1. The maximum absolute atomic E-state index is 12.2. The summed E-state index contributed by atoms with van der Waals surface area (Å²) in [6.07, 6.45) is 9.59. The Morgan fingerprint density at radius 2 is 1.75 bits per heavy atom. The van der Waals surface area contributed by atoms with Crippen molar-refractivity contribution in [3.05, 3.63) is 72.1 Å². The van der Waals surface area contributed by atoms with Crippen molar-refractivity contribution < 1.29 is 4.79 Å². The highest BCUT2D eigenvalue weighted by Gasteiger charge is 2.10. The fraction of sp³-hybridized carbons (Fsp3) is 0.333. The third-order valence-corrected chi connectivity index (χ3v) is 4.87. The average molecular weight is 376 g/mol. The summed E-state index contributed by atoms with van der Waals surface area (Å²) in [5.74, 6) is 0.809. The fourth-order valence-corrected chi connectivity index (χ4v) is 3.34. The van der Waals surface area contributed by atoms with E-state index in [1.165, 1.54) is 25.7 Å². The van der Waals surface area contributed by atoms with Gasteiger partial charge in [0.05, 0.1) is 17.6 Å². The van der Waals surface area contributed by atoms with Gasteiger partial charge in [0.15, 0.2) is 0 Å². The van der Waals surface area contributed by atoms with Crippen molar-refractivity contribution in [2.24, 2.45) is 0 Å². The molecule has 0 saturated heterocycles. The van der Waals surface area contributed by atoms with E-state index in [0.717, 1.165) is 35.4 Å². The van der Waals surface area contributed by atoms with E-state index in [4.69, 9.17) is 4.98 Å². The Labute approximate surface area is 167 Å². The van der Waals surface area contributed by atoms with Crippen molar-refractivity contribution in [2.75, 3.05) is 0 Å². The molecule has 28 heavy (non-hydrogen) atoms. The Morgan fingerprint density at radius 1 is 1.00 bits per heavy atom. The third-order valence-electron chi connectivity index (χ3n) is 4.87. The first-order valence-electron chi connectivity index (χ1n) is 10.2. The van der Waals surface area contributed by atoms with E-state index < -0.39 is 0 Å². The largest absolute Gasteiger partial charge is 0.345 e. The highest BCUT2D eigenvalue weighted by molar-refractivity contribution is 5.91. The Bertz CT molecular complexity index is 912. The number of hydrogen-bond donors (Lipinski definition) is 1. The molecular formula is C24H29N3O. The van der Waals surface area contributed by atoms with E-state index in [2.05, 4.69) is 22.9 Å². The summed E-state index contributed by atoms with van der Waals surface area (Å²) in [5.41, 5.74) is 3.14. The first-order chi connectivity index (χ1) is 13.8. The number of hydrogen-bond acceptors (Lipinski definition) is 2. The highest BCUT2D eigenvalue weighted by atomic mass is 16.1. The molecule has 1 heterocycles. The first kappa shape index (κ1) is 19.9. The Kier molecular flexibility index (Phi) is 7.42. The van der Waals surface area contributed by atoms with E-state index >= 15 is 0 Å². The van der Waals surface area contributed by atoms with Crippen LogP contribution in [0.2, 0.25) is 0 Å². The topological polar surface area (TPSA) is 46.9 Å². The number of aryl methyl sites for hydroxylation is 1. The number of para-hydroxylation sites is 2. The van der Waals surface area contributed by atoms with Gasteiger partial charge in [0.25, 0.3) is 0 Å². The Balaban J connectivity index is 1.63. The number of nitrogens with zero attached hydrogens (tertiary/aromatic N) is 2. The van der Waals surface area contributed by atoms with Gasteiger partial charge in [-0.05, 0) is 30.2 Å². The minimum atomic E-state index is -0.106. The van der Waals surface area contributed by atoms with Gasteiger partial charge in [-0.1, -0.05) is 75.1 Å². The number of fused-ring (bicyclic) bond motifs is 1. The maximum Gasteiger partial charge on any atom is 0.244 e. The van der Waals surface area contributed by atoms with Gasteiger partial charge in [0, 0.05) is 12.6 Å². The molecule has 1 aromatic heterocycles. The van der Waals surface area contributed by atoms with Gasteiger partial charge < -0.3 is 9.88 Å². The molecule has 2 aromatic carbocycles. The predicted molar refractivity (Wildman–Crippen MR) is 116 cm³/mol. The number of nitrogens with one attached hydrogen (secondary N) is 1. The fourth-order valence-electron chi connectivity index (χ4n) is 3.34. The second-order valence-corrected chi connectivity index (χ2v) is 7.04. The van der Waals surface area contributed by atoms with Crippen LogP contribution in [0.15, 0.2) is 60.7 Å². The number of imidazole rings is 1. The van der Waals surface area contributed by atoms with Crippen molar-refractivity contribution in [1.82, 2.24) is 14.9 Å². The molecule has 0 bridgehead atoms. The normalized spacial score (nSPS) is 11.3. The molecule has 0 unspecified atom stereocenters. The highest BCUT2D eigenvalue weighted by Crippen LogP contribution is 2.17. The smallest absolute Gasteiger partial charge is 0.244 e. The van der Waals surface area contributed by atoms with Crippen molar-refractivity contribution in [2.45, 2.75) is 52.1 Å². The van der Waals surface area contributed by atoms with E-state index in [9.17, 15) is 4.79 Å². The minimum absolute atomic E-state index is 0.106. The van der Waals surface area contributed by atoms with Crippen LogP contribution in [0.3, 0.4) is 0 Å². The minimum Gasteiger partial charge on any atom is -0.345 e. The molecule has 0 aliphatic rings. The van der Waals surface area contributed by atoms with Crippen molar-refractivity contribution >= 4 is 23.0 Å². The van der Waals surface area contributed by atoms with Crippen LogP contribution in [0.5, 0.6) is 0 Å². The van der Waals surface area contributed by atoms with Gasteiger partial charge in [-0.3, -0.25) is 4.79 Å². The van der Waals surface area contributed by atoms with Gasteiger partial charge in [0.2, 0.25) is 5.91 Å². The van der Waals surface area contributed by atoms with Crippen LogP contribution >= 0.6 is 0 Å². The number of carbonyl (C=O) groups excluding carboxylic acids is 1. The summed E-state index contributed by atoms with van der Waals surface area (Å²) in [6, 6.07) is 18.0. The molecule has 0 atom stereocenters. The number of carbonyl (C=O) groups is 1. The monoisotopic (exact) mass is 375 g/mol. The summed E-state index contributed by atoms with van der Waals surface area (Å²) >= 11 is 0. The molecule has 0 spiro atoms. The quantitative estimate of drug-likeness (QED) is 0.384. The molecule has 0 aliphatic carbocycles. The molecule has 1 N–H and O–H groups in total. The second kappa shape index (κ2) is 10.5. The molecule has 0 fully saturated rings. The molecule has 3 aromatic rings. The van der Waals surface area contributed by atoms with Gasteiger partial charge >= 0.3 is 0 Å². The number of rotatable bonds is 10. The number of aromatic nitrogens is 2. The number of benzene rings is 2. The third kappa shape index (κ3) is 5.56. The SMILES string of the molecule is CCCCCCCn1c(CNC(=O)/C=C\c2ccccc2)nc2ccccc21. The van der Waals surface area contributed by atoms with Crippen LogP contribution in [-0.4, -0.2) is 15.5 Å². The van der Waals surface area contributed by atoms with E-state index in [1.54, 1.807) is 6.08 Å². The molecule has 0 radical (unpaired) electrons. The molecule has 4 nitrogen and oxygen atoms in total. The lowest BCUT2D eigenvalue weighted by atomic mass is 10.1. The van der Waals surface area contributed by atoms with Crippen LogP contribution in [0.1, 0.15) is 50.4 Å². The molecule has 3 rings (SSSR count). The van der Waals surface area contributed by atoms with Crippen LogP contribution in [0.25, 0.3) is 17.1 Å². The van der Waals surface area contributed by atoms with Gasteiger partial charge in [-0.15, -0.1) is 0 Å². The van der Waals surface area contributed by atoms with Crippen molar-refractivity contribution in [1.29, 1.82) is 0 Å². The van der Waals surface area contributed by atoms with E-state index in [1.807, 2.05) is 54.6 Å². The summed E-state index contributed by atoms with van der Waals surface area (Å²) in [5, 5.41) is 2.97. The van der Waals surface area contributed by atoms with E-state index in [0.29, 0.717) is 6.54 Å². The first-order valence-corrected chi connectivity index (χ1v) is 10.2. The van der Waals surface area contributed by atoms with Crippen LogP contribution in [0, 0.1) is 0 Å². The molecule has 146 valence electrons. The molecule has 0 aliphatic heterocycles. The lowest BCUT2D eigenvalue weighted by molar-refractivity contribution is -0.116. The molecule has 4 heteroatoms. The lowest BCUT2D eigenvalue weighted by Crippen LogP contribution is -2.22. The number of unbranched alkanes of at least 4 members (excludes halogenated alkanes) is 4. The summed E-state index contributed by atoms with van der Waals surface area (Å²) in [7, 11) is 0. The van der Waals surface area contributed by atoms with Gasteiger partial charge in [-0.2, -0.15) is 0 Å². The molecule has 1 amide bonds.